The molecule has 1 aliphatic heterocycles. The van der Waals surface area contributed by atoms with Crippen molar-refractivity contribution in [1.82, 2.24) is 9.80 Å². The predicted octanol–water partition coefficient (Wildman–Crippen LogP) is 1.41. The van der Waals surface area contributed by atoms with Crippen LogP contribution >= 0.6 is 24.8 Å². The molecule has 1 aromatic rings. The van der Waals surface area contributed by atoms with Gasteiger partial charge in [-0.15, -0.1) is 24.8 Å². The molecule has 1 aromatic carbocycles. The average molecular weight is 600 g/mol. The van der Waals surface area contributed by atoms with E-state index < -0.39 is 58.0 Å². The Bertz CT molecular complexity index is 1320. The topological polar surface area (TPSA) is 174 Å². The third-order valence-electron chi connectivity index (χ3n) is 8.54. The lowest BCUT2D eigenvalue weighted by Gasteiger charge is -2.50. The van der Waals surface area contributed by atoms with Gasteiger partial charge in [0.15, 0.2) is 11.4 Å². The molecular weight excluding hydrogens is 565 g/mol. The van der Waals surface area contributed by atoms with Crippen molar-refractivity contribution in [3.05, 3.63) is 39.7 Å². The van der Waals surface area contributed by atoms with Crippen molar-refractivity contribution in [1.29, 1.82) is 0 Å². The van der Waals surface area contributed by atoms with Crippen LogP contribution in [0.2, 0.25) is 0 Å². The lowest BCUT2D eigenvalue weighted by molar-refractivity contribution is -0.153. The number of hydrogen-bond donors (Lipinski definition) is 5. The summed E-state index contributed by atoms with van der Waals surface area (Å²) in [5, 5.41) is 44.9. The molecule has 0 unspecified atom stereocenters. The van der Waals surface area contributed by atoms with Crippen LogP contribution in [0.1, 0.15) is 36.0 Å². The molecule has 5 rings (SSSR count). The molecule has 0 bridgehead atoms. The molecule has 1 amide bonds. The minimum absolute atomic E-state index is 0. The molecule has 4 atom stereocenters. The van der Waals surface area contributed by atoms with Gasteiger partial charge in [-0.2, -0.15) is 0 Å². The minimum Gasteiger partial charge on any atom is -0.508 e. The third-order valence-corrected chi connectivity index (χ3v) is 8.54. The van der Waals surface area contributed by atoms with Gasteiger partial charge in [0.05, 0.1) is 18.7 Å². The Morgan fingerprint density at radius 1 is 1.18 bits per heavy atom. The van der Waals surface area contributed by atoms with E-state index in [1.54, 1.807) is 14.1 Å². The Balaban J connectivity index is 0.00000220. The van der Waals surface area contributed by atoms with Crippen LogP contribution in [0, 0.1) is 11.8 Å². The monoisotopic (exact) mass is 599 g/mol. The molecule has 1 saturated heterocycles. The molecule has 0 aromatic heterocycles. The average Bonchev–Trinajstić information content (AvgIpc) is 3.34. The van der Waals surface area contributed by atoms with E-state index in [0.29, 0.717) is 17.9 Å². The Hall–Kier alpha value is -2.83. The molecule has 13 heteroatoms. The lowest BCUT2D eigenvalue weighted by atomic mass is 9.57. The molecule has 0 spiro atoms. The predicted molar refractivity (Wildman–Crippen MR) is 150 cm³/mol. The van der Waals surface area contributed by atoms with Crippen LogP contribution in [0.3, 0.4) is 0 Å². The van der Waals surface area contributed by atoms with E-state index in [4.69, 9.17) is 10.5 Å². The lowest BCUT2D eigenvalue weighted by Crippen LogP contribution is -2.65. The number of benzene rings is 1. The van der Waals surface area contributed by atoms with Gasteiger partial charge in [-0.05, 0) is 64.9 Å². The summed E-state index contributed by atoms with van der Waals surface area (Å²) in [6, 6.07) is 0.395. The fraction of sp³-hybridized carbons (Fsp3) is 0.519. The molecular formula is C27H35Cl2N3O8. The van der Waals surface area contributed by atoms with E-state index in [1.165, 1.54) is 18.1 Å². The molecule has 40 heavy (non-hydrogen) atoms. The number of aliphatic hydroxyl groups is 3. The number of phenols is 1. The number of nitrogens with zero attached hydrogens (tertiary/aromatic N) is 2. The van der Waals surface area contributed by atoms with Gasteiger partial charge < -0.3 is 30.9 Å². The number of aliphatic hydroxyl groups excluding tert-OH is 2. The van der Waals surface area contributed by atoms with E-state index in [2.05, 4.69) is 4.90 Å². The van der Waals surface area contributed by atoms with Crippen LogP contribution in [-0.4, -0.2) is 93.6 Å². The molecule has 11 nitrogen and oxygen atoms in total. The van der Waals surface area contributed by atoms with Crippen molar-refractivity contribution in [3.8, 4) is 11.5 Å². The number of primary amides is 1. The maximum absolute atomic E-state index is 13.9. The number of halogens is 2. The number of likely N-dealkylation sites (tertiary alicyclic amines) is 1. The Morgan fingerprint density at radius 3 is 2.35 bits per heavy atom. The smallest absolute Gasteiger partial charge is 0.255 e. The first-order chi connectivity index (χ1) is 17.9. The van der Waals surface area contributed by atoms with Gasteiger partial charge in [-0.25, -0.2) is 0 Å². The summed E-state index contributed by atoms with van der Waals surface area (Å²) in [5.74, 6) is -6.19. The number of nitrogens with two attached hydrogens (primary N) is 1. The standard InChI is InChI=1S/C27H33N3O8.2ClH/c1-29(2)20-15-9-12-8-14-18(16(31)10-13(23(14)38-3)11-30-6-4-5-7-30)21(32)17(12)24(34)27(15,37)25(35)19(22(20)33)26(28)36;;/h10,12,15,20,31-32,35,37H,4-9,11H2,1-3H3,(H2,28,36);2*1H/t12-,15-,20-,27-;;/m0../s1. The van der Waals surface area contributed by atoms with Crippen LogP contribution < -0.4 is 10.5 Å². The van der Waals surface area contributed by atoms with Crippen LogP contribution in [0.15, 0.2) is 23.0 Å². The zero-order valence-electron chi connectivity index (χ0n) is 22.5. The van der Waals surface area contributed by atoms with Crippen molar-refractivity contribution in [2.24, 2.45) is 17.6 Å². The molecule has 4 aliphatic rings. The van der Waals surface area contributed by atoms with E-state index in [9.17, 15) is 34.8 Å². The number of ether oxygens (including phenoxy) is 1. The highest BCUT2D eigenvalue weighted by molar-refractivity contribution is 6.24. The highest BCUT2D eigenvalue weighted by atomic mass is 35.5. The van der Waals surface area contributed by atoms with Gasteiger partial charge in [0.25, 0.3) is 5.91 Å². The maximum Gasteiger partial charge on any atom is 0.255 e. The number of amides is 1. The summed E-state index contributed by atoms with van der Waals surface area (Å²) < 4.78 is 5.76. The highest BCUT2D eigenvalue weighted by Gasteiger charge is 2.64. The van der Waals surface area contributed by atoms with E-state index >= 15 is 0 Å². The number of ketones is 2. The minimum atomic E-state index is -2.65. The van der Waals surface area contributed by atoms with Crippen LogP contribution in [0.25, 0.3) is 5.76 Å². The normalized spacial score (nSPS) is 28.0. The summed E-state index contributed by atoms with van der Waals surface area (Å²) >= 11 is 0. The Morgan fingerprint density at radius 2 is 1.80 bits per heavy atom. The van der Waals surface area contributed by atoms with E-state index in [-0.39, 0.29) is 54.5 Å². The van der Waals surface area contributed by atoms with Gasteiger partial charge in [0, 0.05) is 29.2 Å². The Labute approximate surface area is 244 Å². The quantitative estimate of drug-likeness (QED) is 0.311. The van der Waals surface area contributed by atoms with Crippen LogP contribution in [-0.2, 0) is 27.3 Å². The largest absolute Gasteiger partial charge is 0.508 e. The summed E-state index contributed by atoms with van der Waals surface area (Å²) in [4.78, 5) is 42.9. The summed E-state index contributed by atoms with van der Waals surface area (Å²) in [6.45, 7) is 2.41. The third kappa shape index (κ3) is 4.44. The number of phenolic OH excluding ortho intramolecular Hbond substituents is 1. The first-order valence-electron chi connectivity index (χ1n) is 12.7. The molecule has 220 valence electrons. The fourth-order valence-corrected chi connectivity index (χ4v) is 6.91. The number of hydrogen-bond acceptors (Lipinski definition) is 10. The molecule has 2 fully saturated rings. The summed E-state index contributed by atoms with van der Waals surface area (Å²) in [7, 11) is 4.65. The second-order valence-electron chi connectivity index (χ2n) is 10.9. The van der Waals surface area contributed by atoms with Gasteiger partial charge in [0.1, 0.15) is 28.6 Å². The number of methoxy groups -OCH3 is 1. The molecule has 6 N–H and O–H groups in total. The first-order valence-corrected chi connectivity index (χ1v) is 12.7. The fourth-order valence-electron chi connectivity index (χ4n) is 6.91. The van der Waals surface area contributed by atoms with Crippen LogP contribution in [0.4, 0.5) is 0 Å². The number of carbonyl (C=O) groups excluding carboxylic acids is 3. The van der Waals surface area contributed by atoms with Crippen molar-refractivity contribution < 1.29 is 39.5 Å². The first kappa shape index (κ1) is 31.7. The number of carbonyl (C=O) groups is 3. The molecule has 1 saturated carbocycles. The zero-order chi connectivity index (χ0) is 27.7. The SMILES string of the molecule is COc1c(CN2CCCC2)cc(O)c2c1C[C@H]1C[C@H]3[C@H](N(C)C)C(=O)C(C(N)=O)=C(O)[C@@]3(O)C(=O)C1=C2O.Cl.Cl. The van der Waals surface area contributed by atoms with Crippen molar-refractivity contribution >= 4 is 48.0 Å². The Kier molecular flexibility index (Phi) is 8.88. The molecule has 3 aliphatic carbocycles. The second kappa shape index (κ2) is 11.2. The van der Waals surface area contributed by atoms with Crippen molar-refractivity contribution in [2.75, 3.05) is 34.3 Å². The van der Waals surface area contributed by atoms with Gasteiger partial charge in [-0.3, -0.25) is 24.2 Å². The van der Waals surface area contributed by atoms with Crippen molar-refractivity contribution in [3.63, 3.8) is 0 Å². The number of aromatic hydroxyl groups is 1. The van der Waals surface area contributed by atoms with E-state index in [0.717, 1.165) is 31.5 Å². The number of fused-ring (bicyclic) bond motifs is 3. The van der Waals surface area contributed by atoms with E-state index in [1.807, 2.05) is 0 Å². The number of Topliss-reactive ketones (excluding diaryl/α,β-unsaturated/α-hetero) is 2. The summed E-state index contributed by atoms with van der Waals surface area (Å²) in [5.41, 5.74) is 3.01. The second-order valence-corrected chi connectivity index (χ2v) is 10.9. The summed E-state index contributed by atoms with van der Waals surface area (Å²) in [6.07, 6.45) is 2.40. The maximum atomic E-state index is 13.9. The number of rotatable bonds is 5. The number of likely N-dealkylation sites (N-methyl/N-ethyl adjacent to an activating group) is 1. The van der Waals surface area contributed by atoms with Crippen molar-refractivity contribution in [2.45, 2.75) is 43.9 Å². The van der Waals surface area contributed by atoms with Gasteiger partial charge in [0.2, 0.25) is 5.78 Å². The molecule has 0 radical (unpaired) electrons. The van der Waals surface area contributed by atoms with Gasteiger partial charge >= 0.3 is 0 Å². The highest BCUT2D eigenvalue weighted by Crippen LogP contribution is 2.54. The zero-order valence-corrected chi connectivity index (χ0v) is 24.1. The van der Waals surface area contributed by atoms with Gasteiger partial charge in [-0.1, -0.05) is 0 Å². The molecule has 1 heterocycles. The van der Waals surface area contributed by atoms with Crippen LogP contribution in [0.5, 0.6) is 11.5 Å².